The highest BCUT2D eigenvalue weighted by Gasteiger charge is 2.33. The van der Waals surface area contributed by atoms with Crippen LogP contribution in [0.5, 0.6) is 0 Å². The lowest BCUT2D eigenvalue weighted by Gasteiger charge is -2.32. The Hall–Kier alpha value is -2.80. The maximum Gasteiger partial charge on any atom is 0.427 e. The van der Waals surface area contributed by atoms with Gasteiger partial charge in [0.2, 0.25) is 0 Å². The molecule has 1 amide bonds. The first kappa shape index (κ1) is 26.8. The van der Waals surface area contributed by atoms with E-state index in [0.29, 0.717) is 12.1 Å². The van der Waals surface area contributed by atoms with Crippen LogP contribution in [0, 0.1) is 5.82 Å². The van der Waals surface area contributed by atoms with E-state index in [1.165, 1.54) is 17.0 Å². The van der Waals surface area contributed by atoms with E-state index < -0.39 is 26.8 Å². The van der Waals surface area contributed by atoms with Crippen LogP contribution in [0.2, 0.25) is 5.02 Å². The van der Waals surface area contributed by atoms with Crippen molar-refractivity contribution in [3.8, 4) is 0 Å². The molecule has 13 heteroatoms. The van der Waals surface area contributed by atoms with Crippen molar-refractivity contribution >= 4 is 50.7 Å². The van der Waals surface area contributed by atoms with E-state index >= 15 is 0 Å². The Kier molecular flexibility index (Phi) is 8.00. The summed E-state index contributed by atoms with van der Waals surface area (Å²) in [5.41, 5.74) is 2.41. The number of sulfonamides is 1. The third-order valence-corrected chi connectivity index (χ3v) is 7.86. The molecule has 0 atom stereocenters. The molecule has 0 bridgehead atoms. The van der Waals surface area contributed by atoms with E-state index in [4.69, 9.17) is 11.6 Å². The number of anilines is 2. The number of halogens is 2. The third-order valence-electron chi connectivity index (χ3n) is 5.36. The SMILES string of the molecule is CN(Cc1cccc(F)c1CNc1ncc(S(=O)(=O)N(C(=O)O)c2cscn2)cc1Cl)C(C)(C)C. The van der Waals surface area contributed by atoms with Gasteiger partial charge >= 0.3 is 6.09 Å². The quantitative estimate of drug-likeness (QED) is 0.407. The van der Waals surface area contributed by atoms with Crippen LogP contribution in [0.4, 0.5) is 20.8 Å². The van der Waals surface area contributed by atoms with Gasteiger partial charge in [-0.1, -0.05) is 23.7 Å². The second kappa shape index (κ2) is 10.4. The Morgan fingerprint density at radius 3 is 2.57 bits per heavy atom. The van der Waals surface area contributed by atoms with Gasteiger partial charge in [0.1, 0.15) is 16.5 Å². The minimum atomic E-state index is -4.53. The van der Waals surface area contributed by atoms with Crippen LogP contribution < -0.4 is 9.62 Å². The number of pyridine rings is 1. The fourth-order valence-electron chi connectivity index (χ4n) is 3.04. The number of hydrogen-bond donors (Lipinski definition) is 2. The molecule has 0 saturated heterocycles. The van der Waals surface area contributed by atoms with E-state index in [1.807, 2.05) is 13.1 Å². The summed E-state index contributed by atoms with van der Waals surface area (Å²) in [5, 5.41) is 13.6. The number of hydrogen-bond acceptors (Lipinski definition) is 8. The Balaban J connectivity index is 1.84. The lowest BCUT2D eigenvalue weighted by atomic mass is 10.0. The number of rotatable bonds is 8. The summed E-state index contributed by atoms with van der Waals surface area (Å²) in [5.74, 6) is -0.527. The average Bonchev–Trinajstić information content (AvgIpc) is 3.26. The lowest BCUT2D eigenvalue weighted by Crippen LogP contribution is -2.37. The second-order valence-electron chi connectivity index (χ2n) is 8.66. The zero-order valence-corrected chi connectivity index (χ0v) is 21.9. The highest BCUT2D eigenvalue weighted by atomic mass is 35.5. The Labute approximate surface area is 212 Å². The molecular weight excluding hydrogens is 517 g/mol. The maximum atomic E-state index is 14.7. The second-order valence-corrected chi connectivity index (χ2v) is 11.6. The number of amides is 1. The molecule has 3 rings (SSSR count). The van der Waals surface area contributed by atoms with Crippen LogP contribution >= 0.6 is 22.9 Å². The summed E-state index contributed by atoms with van der Waals surface area (Å²) in [7, 11) is -2.58. The molecule has 2 N–H and O–H groups in total. The summed E-state index contributed by atoms with van der Waals surface area (Å²) >= 11 is 7.31. The molecule has 188 valence electrons. The number of nitrogens with zero attached hydrogens (tertiary/aromatic N) is 4. The van der Waals surface area contributed by atoms with Gasteiger partial charge in [0, 0.05) is 35.8 Å². The van der Waals surface area contributed by atoms with E-state index in [1.54, 1.807) is 6.07 Å². The summed E-state index contributed by atoms with van der Waals surface area (Å²) in [6, 6.07) is 5.93. The molecule has 0 fully saturated rings. The van der Waals surface area contributed by atoms with Gasteiger partial charge in [0.15, 0.2) is 5.82 Å². The molecule has 1 aromatic carbocycles. The predicted octanol–water partition coefficient (Wildman–Crippen LogP) is 5.05. The topological polar surface area (TPSA) is 116 Å². The normalized spacial score (nSPS) is 12.1. The van der Waals surface area contributed by atoms with E-state index in [-0.39, 0.29) is 33.0 Å². The van der Waals surface area contributed by atoms with Gasteiger partial charge in [0.25, 0.3) is 10.0 Å². The zero-order chi connectivity index (χ0) is 26.0. The molecule has 0 aliphatic heterocycles. The smallest absolute Gasteiger partial charge is 0.427 e. The van der Waals surface area contributed by atoms with Crippen molar-refractivity contribution < 1.29 is 22.7 Å². The van der Waals surface area contributed by atoms with Crippen LogP contribution in [0.3, 0.4) is 0 Å². The van der Waals surface area contributed by atoms with Crippen molar-refractivity contribution in [2.24, 2.45) is 0 Å². The minimum Gasteiger partial charge on any atom is -0.464 e. The van der Waals surface area contributed by atoms with Crippen molar-refractivity contribution in [3.63, 3.8) is 0 Å². The van der Waals surface area contributed by atoms with Crippen LogP contribution in [-0.2, 0) is 23.1 Å². The maximum absolute atomic E-state index is 14.7. The standard InChI is InChI=1S/C22H25ClFN5O4S2/c1-22(2,3)28(4)11-14-6-5-7-18(24)16(14)10-26-20-17(23)8-15(9-25-20)35(32,33)29(21(30)31)19-12-34-13-27-19/h5-9,12-13H,10-11H2,1-4H3,(H,25,26)(H,30,31). The first-order chi connectivity index (χ1) is 16.3. The van der Waals surface area contributed by atoms with Crippen LogP contribution in [0.15, 0.2) is 46.2 Å². The Bertz CT molecular complexity index is 1310. The number of carbonyl (C=O) groups is 1. The largest absolute Gasteiger partial charge is 0.464 e. The van der Waals surface area contributed by atoms with Crippen LogP contribution in [0.25, 0.3) is 0 Å². The van der Waals surface area contributed by atoms with Crippen LogP contribution in [0.1, 0.15) is 31.9 Å². The minimum absolute atomic E-state index is 0.0544. The van der Waals surface area contributed by atoms with Crippen molar-refractivity contribution in [3.05, 3.63) is 63.3 Å². The molecule has 0 aliphatic carbocycles. The number of benzene rings is 1. The van der Waals surface area contributed by atoms with E-state index in [0.717, 1.165) is 29.2 Å². The van der Waals surface area contributed by atoms with Gasteiger partial charge in [-0.25, -0.2) is 27.6 Å². The van der Waals surface area contributed by atoms with Crippen molar-refractivity contribution in [2.75, 3.05) is 16.7 Å². The van der Waals surface area contributed by atoms with Crippen molar-refractivity contribution in [1.82, 2.24) is 14.9 Å². The molecule has 0 spiro atoms. The molecule has 0 saturated carbocycles. The van der Waals surface area contributed by atoms with Gasteiger partial charge < -0.3 is 10.4 Å². The predicted molar refractivity (Wildman–Crippen MR) is 134 cm³/mol. The van der Waals surface area contributed by atoms with Gasteiger partial charge in [-0.15, -0.1) is 15.6 Å². The Morgan fingerprint density at radius 1 is 1.29 bits per heavy atom. The highest BCUT2D eigenvalue weighted by Crippen LogP contribution is 2.29. The molecule has 0 aliphatic rings. The molecule has 2 aromatic heterocycles. The fourth-order valence-corrected chi connectivity index (χ4v) is 5.14. The lowest BCUT2D eigenvalue weighted by molar-refractivity contribution is 0.167. The summed E-state index contributed by atoms with van der Waals surface area (Å²) < 4.78 is 40.7. The summed E-state index contributed by atoms with van der Waals surface area (Å²) in [6.07, 6.45) is -0.733. The number of carboxylic acid groups (broad SMARTS) is 1. The summed E-state index contributed by atoms with van der Waals surface area (Å²) in [6.45, 7) is 6.74. The molecule has 9 nitrogen and oxygen atoms in total. The first-order valence-corrected chi connectivity index (χ1v) is 13.1. The molecule has 35 heavy (non-hydrogen) atoms. The highest BCUT2D eigenvalue weighted by molar-refractivity contribution is 7.93. The van der Waals surface area contributed by atoms with Gasteiger partial charge in [-0.2, -0.15) is 0 Å². The molecule has 0 radical (unpaired) electrons. The van der Waals surface area contributed by atoms with Gasteiger partial charge in [0.05, 0.1) is 10.5 Å². The first-order valence-electron chi connectivity index (χ1n) is 10.4. The number of aromatic nitrogens is 2. The van der Waals surface area contributed by atoms with Crippen molar-refractivity contribution in [2.45, 2.75) is 44.3 Å². The molecule has 2 heterocycles. The monoisotopic (exact) mass is 541 g/mol. The van der Waals surface area contributed by atoms with Gasteiger partial charge in [-0.05, 0) is 45.5 Å². The summed E-state index contributed by atoms with van der Waals surface area (Å²) in [4.78, 5) is 21.1. The van der Waals surface area contributed by atoms with E-state index in [2.05, 4.69) is 41.0 Å². The van der Waals surface area contributed by atoms with Crippen LogP contribution in [-0.4, -0.2) is 47.1 Å². The Morgan fingerprint density at radius 2 is 2.00 bits per heavy atom. The molecule has 3 aromatic rings. The fraction of sp³-hybridized carbons (Fsp3) is 0.318. The molecule has 0 unspecified atom stereocenters. The average molecular weight is 542 g/mol. The third kappa shape index (κ3) is 6.07. The molecular formula is C22H25ClFN5O4S2. The number of thiazole rings is 1. The van der Waals surface area contributed by atoms with E-state index in [9.17, 15) is 22.7 Å². The van der Waals surface area contributed by atoms with Gasteiger partial charge in [-0.3, -0.25) is 4.90 Å². The zero-order valence-electron chi connectivity index (χ0n) is 19.5. The number of nitrogens with one attached hydrogen (secondary N) is 1. The van der Waals surface area contributed by atoms with Crippen molar-refractivity contribution in [1.29, 1.82) is 0 Å².